The van der Waals surface area contributed by atoms with Gasteiger partial charge in [-0.25, -0.2) is 0 Å². The highest BCUT2D eigenvalue weighted by Gasteiger charge is 2.06. The molecule has 0 atom stereocenters. The lowest BCUT2D eigenvalue weighted by Gasteiger charge is -2.11. The van der Waals surface area contributed by atoms with Crippen molar-refractivity contribution in [2.24, 2.45) is 0 Å². The Morgan fingerprint density at radius 2 is 1.78 bits per heavy atom. The maximum absolute atomic E-state index is 9.06. The van der Waals surface area contributed by atoms with Crippen molar-refractivity contribution in [1.82, 2.24) is 0 Å². The largest absolute Gasteiger partial charge is 0.456 e. The lowest BCUT2D eigenvalue weighted by molar-refractivity contribution is 0.281. The first kappa shape index (κ1) is 13.1. The topological polar surface area (TPSA) is 29.5 Å². The Hall–Kier alpha value is -1.32. The summed E-state index contributed by atoms with van der Waals surface area (Å²) in [6.45, 7) is 4.11. The molecule has 94 valence electrons. The highest BCUT2D eigenvalue weighted by molar-refractivity contribution is 9.10. The molecule has 0 aliphatic heterocycles. The lowest BCUT2D eigenvalue weighted by atomic mass is 10.1. The number of ether oxygens (including phenoxy) is 1. The van der Waals surface area contributed by atoms with Gasteiger partial charge in [-0.2, -0.15) is 0 Å². The maximum atomic E-state index is 9.06. The molecule has 0 saturated heterocycles. The molecule has 0 unspecified atom stereocenters. The number of aliphatic hydroxyl groups excluding tert-OH is 1. The van der Waals surface area contributed by atoms with Crippen molar-refractivity contribution in [3.8, 4) is 11.5 Å². The first-order valence-corrected chi connectivity index (χ1v) is 6.54. The minimum absolute atomic E-state index is 0.0302. The quantitative estimate of drug-likeness (QED) is 0.913. The number of rotatable bonds is 3. The van der Waals surface area contributed by atoms with E-state index in [0.717, 1.165) is 27.1 Å². The molecule has 2 rings (SSSR count). The Balaban J connectivity index is 2.28. The number of benzene rings is 2. The summed E-state index contributed by atoms with van der Waals surface area (Å²) in [6, 6.07) is 11.7. The number of halogens is 1. The third-order valence-corrected chi connectivity index (χ3v) is 3.35. The zero-order valence-corrected chi connectivity index (χ0v) is 12.0. The van der Waals surface area contributed by atoms with Crippen molar-refractivity contribution in [2.75, 3.05) is 0 Å². The molecule has 2 aromatic rings. The van der Waals surface area contributed by atoms with E-state index in [1.807, 2.05) is 37.3 Å². The second kappa shape index (κ2) is 5.55. The molecule has 1 N–H and O–H groups in total. The Morgan fingerprint density at radius 1 is 1.06 bits per heavy atom. The smallest absolute Gasteiger partial charge is 0.141 e. The molecule has 0 saturated carbocycles. The van der Waals surface area contributed by atoms with Crippen LogP contribution in [0.3, 0.4) is 0 Å². The monoisotopic (exact) mass is 306 g/mol. The highest BCUT2D eigenvalue weighted by atomic mass is 79.9. The van der Waals surface area contributed by atoms with Crippen LogP contribution in [-0.4, -0.2) is 5.11 Å². The van der Waals surface area contributed by atoms with Crippen LogP contribution in [0, 0.1) is 13.8 Å². The van der Waals surface area contributed by atoms with Gasteiger partial charge in [0.25, 0.3) is 0 Å². The predicted octanol–water partition coefficient (Wildman–Crippen LogP) is 4.35. The summed E-state index contributed by atoms with van der Waals surface area (Å²) in [4.78, 5) is 0. The number of hydrogen-bond donors (Lipinski definition) is 1. The SMILES string of the molecule is Cc1ccc(Oc2ccc(CO)cc2Br)c(C)c1. The van der Waals surface area contributed by atoms with Crippen LogP contribution in [0.1, 0.15) is 16.7 Å². The van der Waals surface area contributed by atoms with Gasteiger partial charge in [0.2, 0.25) is 0 Å². The maximum Gasteiger partial charge on any atom is 0.141 e. The van der Waals surface area contributed by atoms with Crippen LogP contribution < -0.4 is 4.74 Å². The molecule has 2 aromatic carbocycles. The van der Waals surface area contributed by atoms with Crippen molar-refractivity contribution in [2.45, 2.75) is 20.5 Å². The fourth-order valence-corrected chi connectivity index (χ4v) is 2.26. The Kier molecular flexibility index (Phi) is 4.04. The summed E-state index contributed by atoms with van der Waals surface area (Å²) in [5.41, 5.74) is 3.18. The summed E-state index contributed by atoms with van der Waals surface area (Å²) in [5.74, 6) is 1.59. The molecule has 3 heteroatoms. The number of aliphatic hydroxyl groups is 1. The lowest BCUT2D eigenvalue weighted by Crippen LogP contribution is -1.91. The van der Waals surface area contributed by atoms with Gasteiger partial charge in [-0.05, 0) is 59.1 Å². The summed E-state index contributed by atoms with van der Waals surface area (Å²) in [7, 11) is 0. The van der Waals surface area contributed by atoms with Crippen molar-refractivity contribution >= 4 is 15.9 Å². The molecule has 0 amide bonds. The summed E-state index contributed by atoms with van der Waals surface area (Å²) in [5, 5.41) is 9.06. The van der Waals surface area contributed by atoms with Crippen molar-refractivity contribution < 1.29 is 9.84 Å². The second-order valence-electron chi connectivity index (χ2n) is 4.29. The second-order valence-corrected chi connectivity index (χ2v) is 5.15. The van der Waals surface area contributed by atoms with E-state index in [4.69, 9.17) is 9.84 Å². The van der Waals surface area contributed by atoms with Gasteiger partial charge in [0.15, 0.2) is 0 Å². The van der Waals surface area contributed by atoms with E-state index in [1.165, 1.54) is 5.56 Å². The molecular formula is C15H15BrO2. The fraction of sp³-hybridized carbons (Fsp3) is 0.200. The van der Waals surface area contributed by atoms with E-state index >= 15 is 0 Å². The minimum Gasteiger partial charge on any atom is -0.456 e. The first-order valence-electron chi connectivity index (χ1n) is 5.74. The fourth-order valence-electron chi connectivity index (χ4n) is 1.76. The van der Waals surface area contributed by atoms with E-state index < -0.39 is 0 Å². The van der Waals surface area contributed by atoms with E-state index in [1.54, 1.807) is 0 Å². The van der Waals surface area contributed by atoms with Crippen LogP contribution >= 0.6 is 15.9 Å². The average Bonchev–Trinajstić information content (AvgIpc) is 2.34. The van der Waals surface area contributed by atoms with E-state index in [0.29, 0.717) is 0 Å². The molecule has 0 radical (unpaired) electrons. The Bertz CT molecular complexity index is 564. The van der Waals surface area contributed by atoms with Crippen molar-refractivity contribution in [3.05, 3.63) is 57.6 Å². The third kappa shape index (κ3) is 2.92. The third-order valence-electron chi connectivity index (χ3n) is 2.73. The summed E-state index contributed by atoms with van der Waals surface area (Å²) in [6.07, 6.45) is 0. The molecule has 0 heterocycles. The van der Waals surface area contributed by atoms with Crippen LogP contribution in [0.5, 0.6) is 11.5 Å². The predicted molar refractivity (Wildman–Crippen MR) is 76.1 cm³/mol. The normalized spacial score (nSPS) is 10.4. The zero-order valence-electron chi connectivity index (χ0n) is 10.4. The van der Waals surface area contributed by atoms with Gasteiger partial charge in [0, 0.05) is 0 Å². The molecule has 0 aliphatic rings. The van der Waals surface area contributed by atoms with Crippen molar-refractivity contribution in [1.29, 1.82) is 0 Å². The van der Waals surface area contributed by atoms with Gasteiger partial charge in [-0.3, -0.25) is 0 Å². The van der Waals surface area contributed by atoms with Gasteiger partial charge in [-0.1, -0.05) is 23.8 Å². The number of aryl methyl sites for hydroxylation is 2. The van der Waals surface area contributed by atoms with Crippen LogP contribution in [0.25, 0.3) is 0 Å². The molecule has 2 nitrogen and oxygen atoms in total. The number of hydrogen-bond acceptors (Lipinski definition) is 2. The summed E-state index contributed by atoms with van der Waals surface area (Å²) >= 11 is 3.45. The average molecular weight is 307 g/mol. The van der Waals surface area contributed by atoms with E-state index in [-0.39, 0.29) is 6.61 Å². The summed E-state index contributed by atoms with van der Waals surface area (Å²) < 4.78 is 6.71. The zero-order chi connectivity index (χ0) is 13.1. The van der Waals surface area contributed by atoms with Gasteiger partial charge in [0.05, 0.1) is 11.1 Å². The molecule has 0 bridgehead atoms. The molecule has 0 fully saturated rings. The first-order chi connectivity index (χ1) is 8.60. The van der Waals surface area contributed by atoms with E-state index in [2.05, 4.69) is 28.9 Å². The van der Waals surface area contributed by atoms with Crippen LogP contribution in [0.4, 0.5) is 0 Å². The Morgan fingerprint density at radius 3 is 2.39 bits per heavy atom. The van der Waals surface area contributed by atoms with Crippen LogP contribution in [0.15, 0.2) is 40.9 Å². The van der Waals surface area contributed by atoms with Gasteiger partial charge >= 0.3 is 0 Å². The van der Waals surface area contributed by atoms with Crippen molar-refractivity contribution in [3.63, 3.8) is 0 Å². The van der Waals surface area contributed by atoms with Crippen LogP contribution in [-0.2, 0) is 6.61 Å². The van der Waals surface area contributed by atoms with Gasteiger partial charge < -0.3 is 9.84 Å². The van der Waals surface area contributed by atoms with Gasteiger partial charge in [-0.15, -0.1) is 0 Å². The molecule has 0 spiro atoms. The minimum atomic E-state index is 0.0302. The molecule has 0 aromatic heterocycles. The van der Waals surface area contributed by atoms with Crippen LogP contribution in [0.2, 0.25) is 0 Å². The van der Waals surface area contributed by atoms with E-state index in [9.17, 15) is 0 Å². The van der Waals surface area contributed by atoms with Gasteiger partial charge in [0.1, 0.15) is 11.5 Å². The molecule has 18 heavy (non-hydrogen) atoms. The molecular weight excluding hydrogens is 292 g/mol. The standard InChI is InChI=1S/C15H15BrO2/c1-10-3-5-14(11(2)7-10)18-15-6-4-12(9-17)8-13(15)16/h3-8,17H,9H2,1-2H3. The molecule has 0 aliphatic carbocycles. The highest BCUT2D eigenvalue weighted by Crippen LogP contribution is 2.32. The Labute approximate surface area is 115 Å².